The number of hydrogen-bond acceptors (Lipinski definition) is 5. The Labute approximate surface area is 284 Å². The van der Waals surface area contributed by atoms with Gasteiger partial charge < -0.3 is 24.2 Å². The predicted octanol–water partition coefficient (Wildman–Crippen LogP) is 7.98. The Kier molecular flexibility index (Phi) is 10.1. The van der Waals surface area contributed by atoms with Crippen molar-refractivity contribution in [3.8, 4) is 11.1 Å². The summed E-state index contributed by atoms with van der Waals surface area (Å²) < 4.78 is 11.1. The van der Waals surface area contributed by atoms with Crippen molar-refractivity contribution in [2.45, 2.75) is 69.9 Å². The summed E-state index contributed by atoms with van der Waals surface area (Å²) in [5, 5.41) is 0.718. The van der Waals surface area contributed by atoms with E-state index < -0.39 is 5.60 Å². The number of nitrogens with zero attached hydrogens (tertiary/aromatic N) is 3. The molecule has 8 heteroatoms. The SMILES string of the molecule is COCCCN1CC(CN(C(=O)[C@H]2CN(C(=O)OC(C)(C)C)CC[C@@H]2c2cccc(-c3ccccc3)c2)C2CC2)c2cc(Cl)ccc21. The van der Waals surface area contributed by atoms with E-state index in [1.807, 2.05) is 45.0 Å². The Morgan fingerprint density at radius 2 is 1.70 bits per heavy atom. The van der Waals surface area contributed by atoms with Crippen LogP contribution in [0.1, 0.15) is 69.4 Å². The zero-order valence-electron chi connectivity index (χ0n) is 28.2. The molecular weight excluding hydrogens is 610 g/mol. The van der Waals surface area contributed by atoms with Gasteiger partial charge in [0.2, 0.25) is 5.91 Å². The highest BCUT2D eigenvalue weighted by Crippen LogP contribution is 2.43. The number of methoxy groups -OCH3 is 1. The average molecular weight is 658 g/mol. The molecule has 0 aromatic heterocycles. The maximum Gasteiger partial charge on any atom is 0.410 e. The topological polar surface area (TPSA) is 62.3 Å². The number of likely N-dealkylation sites (tertiary alicyclic amines) is 1. The Hall–Kier alpha value is -3.55. The molecule has 3 aromatic carbocycles. The minimum Gasteiger partial charge on any atom is -0.444 e. The lowest BCUT2D eigenvalue weighted by Crippen LogP contribution is -2.51. The van der Waals surface area contributed by atoms with Crippen molar-refractivity contribution in [3.05, 3.63) is 88.9 Å². The van der Waals surface area contributed by atoms with Crippen LogP contribution in [0.25, 0.3) is 11.1 Å². The molecule has 2 amide bonds. The van der Waals surface area contributed by atoms with Crippen LogP contribution in [-0.4, -0.2) is 79.9 Å². The van der Waals surface area contributed by atoms with Gasteiger partial charge in [-0.15, -0.1) is 0 Å². The monoisotopic (exact) mass is 657 g/mol. The molecule has 3 aliphatic rings. The van der Waals surface area contributed by atoms with Crippen molar-refractivity contribution in [1.82, 2.24) is 9.80 Å². The minimum atomic E-state index is -0.607. The molecule has 0 N–H and O–H groups in total. The molecule has 47 heavy (non-hydrogen) atoms. The Balaban J connectivity index is 1.29. The van der Waals surface area contributed by atoms with Gasteiger partial charge in [0.25, 0.3) is 0 Å². The fraction of sp³-hybridized carbons (Fsp3) is 0.487. The Morgan fingerprint density at radius 1 is 0.936 bits per heavy atom. The maximum absolute atomic E-state index is 14.9. The highest BCUT2D eigenvalue weighted by Gasteiger charge is 2.45. The van der Waals surface area contributed by atoms with E-state index in [-0.39, 0.29) is 35.8 Å². The molecule has 1 saturated heterocycles. The van der Waals surface area contributed by atoms with Gasteiger partial charge in [-0.1, -0.05) is 66.2 Å². The molecule has 2 aliphatic heterocycles. The van der Waals surface area contributed by atoms with Gasteiger partial charge in [0.15, 0.2) is 0 Å². The van der Waals surface area contributed by atoms with Crippen LogP contribution >= 0.6 is 11.6 Å². The van der Waals surface area contributed by atoms with Crippen LogP contribution in [-0.2, 0) is 14.3 Å². The van der Waals surface area contributed by atoms with Crippen LogP contribution in [0.3, 0.4) is 0 Å². The molecule has 1 aliphatic carbocycles. The van der Waals surface area contributed by atoms with Gasteiger partial charge in [-0.3, -0.25) is 4.79 Å². The maximum atomic E-state index is 14.9. The van der Waals surface area contributed by atoms with Crippen LogP contribution in [0.15, 0.2) is 72.8 Å². The summed E-state index contributed by atoms with van der Waals surface area (Å²) in [7, 11) is 1.74. The molecule has 0 spiro atoms. The molecule has 0 radical (unpaired) electrons. The number of rotatable bonds is 10. The van der Waals surface area contributed by atoms with Gasteiger partial charge in [0.1, 0.15) is 5.60 Å². The molecule has 2 fully saturated rings. The number of halogens is 1. The van der Waals surface area contributed by atoms with Crippen LogP contribution in [0, 0.1) is 5.92 Å². The van der Waals surface area contributed by atoms with E-state index in [4.69, 9.17) is 21.1 Å². The molecule has 3 atom stereocenters. The number of carbonyl (C=O) groups excluding carboxylic acids is 2. The largest absolute Gasteiger partial charge is 0.444 e. The van der Waals surface area contributed by atoms with Crippen molar-refractivity contribution in [3.63, 3.8) is 0 Å². The zero-order valence-corrected chi connectivity index (χ0v) is 28.9. The molecular formula is C39H48ClN3O4. The predicted molar refractivity (Wildman–Crippen MR) is 188 cm³/mol. The normalized spacial score (nSPS) is 21.0. The van der Waals surface area contributed by atoms with Crippen LogP contribution in [0.2, 0.25) is 5.02 Å². The van der Waals surface area contributed by atoms with Gasteiger partial charge in [0.05, 0.1) is 5.92 Å². The number of piperidine rings is 1. The lowest BCUT2D eigenvalue weighted by molar-refractivity contribution is -0.138. The third-order valence-corrected chi connectivity index (χ3v) is 9.91. The molecule has 2 heterocycles. The van der Waals surface area contributed by atoms with E-state index in [9.17, 15) is 9.59 Å². The van der Waals surface area contributed by atoms with Crippen LogP contribution in [0.5, 0.6) is 0 Å². The van der Waals surface area contributed by atoms with Gasteiger partial charge in [-0.25, -0.2) is 4.79 Å². The second-order valence-corrected chi connectivity index (χ2v) is 14.8. The zero-order chi connectivity index (χ0) is 33.1. The highest BCUT2D eigenvalue weighted by molar-refractivity contribution is 6.30. The highest BCUT2D eigenvalue weighted by atomic mass is 35.5. The first-order chi connectivity index (χ1) is 22.6. The quantitative estimate of drug-likeness (QED) is 0.207. The van der Waals surface area contributed by atoms with E-state index >= 15 is 0 Å². The third kappa shape index (κ3) is 7.95. The lowest BCUT2D eigenvalue weighted by Gasteiger charge is -2.41. The molecule has 250 valence electrons. The second kappa shape index (κ2) is 14.3. The molecule has 0 bridgehead atoms. The molecule has 7 nitrogen and oxygen atoms in total. The number of hydrogen-bond donors (Lipinski definition) is 0. The lowest BCUT2D eigenvalue weighted by atomic mass is 9.78. The van der Waals surface area contributed by atoms with Crippen molar-refractivity contribution in [1.29, 1.82) is 0 Å². The van der Waals surface area contributed by atoms with E-state index in [1.165, 1.54) is 11.3 Å². The summed E-state index contributed by atoms with van der Waals surface area (Å²) in [5.41, 5.74) is 5.23. The summed E-state index contributed by atoms with van der Waals surface area (Å²) >= 11 is 6.53. The number of ether oxygens (including phenoxy) is 2. The van der Waals surface area contributed by atoms with Crippen molar-refractivity contribution < 1.29 is 19.1 Å². The molecule has 1 saturated carbocycles. The van der Waals surface area contributed by atoms with Crippen molar-refractivity contribution in [2.24, 2.45) is 5.92 Å². The summed E-state index contributed by atoms with van der Waals surface area (Å²) in [6, 6.07) is 25.3. The molecule has 3 aromatic rings. The van der Waals surface area contributed by atoms with Gasteiger partial charge >= 0.3 is 6.09 Å². The number of fused-ring (bicyclic) bond motifs is 1. The fourth-order valence-electron chi connectivity index (χ4n) is 7.30. The number of carbonyl (C=O) groups is 2. The first kappa shape index (κ1) is 33.4. The van der Waals surface area contributed by atoms with Gasteiger partial charge in [-0.05, 0) is 92.8 Å². The molecule has 1 unspecified atom stereocenters. The number of benzene rings is 3. The summed E-state index contributed by atoms with van der Waals surface area (Å²) in [5.74, 6) is -0.0960. The van der Waals surface area contributed by atoms with E-state index in [0.717, 1.165) is 54.1 Å². The summed E-state index contributed by atoms with van der Waals surface area (Å²) in [6.45, 7) is 9.62. The molecule has 6 rings (SSSR count). The fourth-order valence-corrected chi connectivity index (χ4v) is 7.48. The number of anilines is 1. The smallest absolute Gasteiger partial charge is 0.410 e. The van der Waals surface area contributed by atoms with Crippen molar-refractivity contribution >= 4 is 29.3 Å². The van der Waals surface area contributed by atoms with Gasteiger partial charge in [-0.2, -0.15) is 0 Å². The van der Waals surface area contributed by atoms with Crippen LogP contribution < -0.4 is 4.90 Å². The first-order valence-electron chi connectivity index (χ1n) is 17.1. The van der Waals surface area contributed by atoms with E-state index in [1.54, 1.807) is 12.0 Å². The third-order valence-electron chi connectivity index (χ3n) is 9.68. The summed E-state index contributed by atoms with van der Waals surface area (Å²) in [6.07, 6.45) is 3.30. The van der Waals surface area contributed by atoms with Gasteiger partial charge in [0, 0.05) is 69.1 Å². The van der Waals surface area contributed by atoms with E-state index in [0.29, 0.717) is 32.7 Å². The average Bonchev–Trinajstić information content (AvgIpc) is 3.85. The Morgan fingerprint density at radius 3 is 2.43 bits per heavy atom. The van der Waals surface area contributed by atoms with Crippen LogP contribution in [0.4, 0.5) is 10.5 Å². The first-order valence-corrected chi connectivity index (χ1v) is 17.5. The minimum absolute atomic E-state index is 0.0121. The second-order valence-electron chi connectivity index (χ2n) is 14.3. The standard InChI is InChI=1S/C39H48ClN3O4/c1-39(2,3)47-38(45)42-20-18-33(29-13-8-12-28(22-29)27-10-6-5-7-11-27)35(26-42)37(44)43(32-15-16-32)25-30-24-41(19-9-21-46-4)36-17-14-31(40)23-34(30)36/h5-8,10-14,17,22-23,30,32-33,35H,9,15-16,18-21,24-26H2,1-4H3/t30?,33-,35+/m1/s1. The number of amides is 2. The van der Waals surface area contributed by atoms with E-state index in [2.05, 4.69) is 58.3 Å². The summed E-state index contributed by atoms with van der Waals surface area (Å²) in [4.78, 5) is 34.5. The van der Waals surface area contributed by atoms with Crippen molar-refractivity contribution in [2.75, 3.05) is 51.3 Å². The Bertz CT molecular complexity index is 1550.